The van der Waals surface area contributed by atoms with Crippen molar-refractivity contribution in [3.05, 3.63) is 24.0 Å². The number of ether oxygens (including phenoxy) is 1. The first-order chi connectivity index (χ1) is 6.29. The summed E-state index contributed by atoms with van der Waals surface area (Å²) in [4.78, 5) is 4.38. The summed E-state index contributed by atoms with van der Waals surface area (Å²) in [6, 6.07) is 3.88. The van der Waals surface area contributed by atoms with Crippen molar-refractivity contribution >= 4 is 11.0 Å². The Labute approximate surface area is 76.1 Å². The highest BCUT2D eigenvalue weighted by Gasteiger charge is 2.00. The number of pyridine rings is 1. The number of rotatable bonds is 2. The van der Waals surface area contributed by atoms with Crippen molar-refractivity contribution in [3.8, 4) is 0 Å². The second-order valence-electron chi connectivity index (χ2n) is 2.94. The third-order valence-electron chi connectivity index (χ3n) is 1.83. The van der Waals surface area contributed by atoms with Crippen molar-refractivity contribution in [2.45, 2.75) is 6.61 Å². The molecule has 2 rings (SSSR count). The van der Waals surface area contributed by atoms with Crippen LogP contribution in [0.15, 0.2) is 18.3 Å². The zero-order chi connectivity index (χ0) is 9.26. The Hall–Kier alpha value is -1.42. The summed E-state index contributed by atoms with van der Waals surface area (Å²) in [6.07, 6.45) is 1.90. The first-order valence-electron chi connectivity index (χ1n) is 4.08. The van der Waals surface area contributed by atoms with Gasteiger partial charge in [-0.05, 0) is 12.1 Å². The summed E-state index contributed by atoms with van der Waals surface area (Å²) in [6.45, 7) is 0.546. The van der Waals surface area contributed by atoms with Crippen molar-refractivity contribution in [1.82, 2.24) is 14.8 Å². The monoisotopic (exact) mass is 177 g/mol. The average Bonchev–Trinajstić information content (AvgIpc) is 2.44. The van der Waals surface area contributed by atoms with Gasteiger partial charge in [-0.3, -0.25) is 4.68 Å². The van der Waals surface area contributed by atoms with E-state index in [0.29, 0.717) is 6.61 Å². The molecule has 4 heteroatoms. The molecule has 4 nitrogen and oxygen atoms in total. The van der Waals surface area contributed by atoms with Crippen LogP contribution < -0.4 is 0 Å². The molecular weight excluding hydrogens is 166 g/mol. The second-order valence-corrected chi connectivity index (χ2v) is 2.94. The van der Waals surface area contributed by atoms with E-state index in [1.807, 2.05) is 25.4 Å². The molecule has 0 aliphatic heterocycles. The van der Waals surface area contributed by atoms with Gasteiger partial charge in [0, 0.05) is 14.2 Å². The molecule has 0 aromatic carbocycles. The molecule has 0 saturated carbocycles. The van der Waals surface area contributed by atoms with Crippen LogP contribution in [0, 0.1) is 0 Å². The normalized spacial score (nSPS) is 10.9. The lowest BCUT2D eigenvalue weighted by Crippen LogP contribution is -1.90. The van der Waals surface area contributed by atoms with Crippen LogP contribution in [-0.4, -0.2) is 21.9 Å². The molecule has 0 unspecified atom stereocenters. The molecule has 0 bridgehead atoms. The van der Waals surface area contributed by atoms with E-state index in [1.54, 1.807) is 11.8 Å². The smallest absolute Gasteiger partial charge is 0.111 e. The first-order valence-corrected chi connectivity index (χ1v) is 4.08. The van der Waals surface area contributed by atoms with Crippen molar-refractivity contribution in [3.63, 3.8) is 0 Å². The summed E-state index contributed by atoms with van der Waals surface area (Å²) < 4.78 is 6.75. The standard InChI is InChI=1S/C9H11N3O/c1-12-5-9-8(11-12)4-3-7(10-9)6-13-2/h3-5H,6H2,1-2H3. The number of fused-ring (bicyclic) bond motifs is 1. The highest BCUT2D eigenvalue weighted by atomic mass is 16.5. The maximum Gasteiger partial charge on any atom is 0.111 e. The number of aromatic nitrogens is 3. The molecule has 0 atom stereocenters. The SMILES string of the molecule is COCc1ccc2nn(C)cc2n1. The van der Waals surface area contributed by atoms with Gasteiger partial charge >= 0.3 is 0 Å². The van der Waals surface area contributed by atoms with Gasteiger partial charge in [0.05, 0.1) is 18.5 Å². The summed E-state index contributed by atoms with van der Waals surface area (Å²) >= 11 is 0. The van der Waals surface area contributed by atoms with E-state index < -0.39 is 0 Å². The maximum atomic E-state index is 4.99. The topological polar surface area (TPSA) is 39.9 Å². The van der Waals surface area contributed by atoms with Crippen molar-refractivity contribution in [2.24, 2.45) is 7.05 Å². The van der Waals surface area contributed by atoms with Gasteiger partial charge in [-0.15, -0.1) is 0 Å². The van der Waals surface area contributed by atoms with Crippen LogP contribution >= 0.6 is 0 Å². The highest BCUT2D eigenvalue weighted by molar-refractivity contribution is 5.73. The molecule has 0 aliphatic carbocycles. The number of aryl methyl sites for hydroxylation is 1. The Kier molecular flexibility index (Phi) is 1.98. The molecule has 13 heavy (non-hydrogen) atoms. The zero-order valence-electron chi connectivity index (χ0n) is 7.69. The molecule has 0 saturated heterocycles. The lowest BCUT2D eigenvalue weighted by molar-refractivity contribution is 0.182. The van der Waals surface area contributed by atoms with E-state index in [2.05, 4.69) is 10.1 Å². The van der Waals surface area contributed by atoms with Gasteiger partial charge < -0.3 is 4.74 Å². The van der Waals surface area contributed by atoms with Gasteiger partial charge in [0.15, 0.2) is 0 Å². The summed E-state index contributed by atoms with van der Waals surface area (Å²) in [5, 5.41) is 4.23. The Morgan fingerprint density at radius 3 is 3.00 bits per heavy atom. The zero-order valence-corrected chi connectivity index (χ0v) is 7.69. The number of hydrogen-bond donors (Lipinski definition) is 0. The van der Waals surface area contributed by atoms with E-state index in [-0.39, 0.29) is 0 Å². The fourth-order valence-electron chi connectivity index (χ4n) is 1.29. The molecule has 68 valence electrons. The Balaban J connectivity index is 2.48. The van der Waals surface area contributed by atoms with Gasteiger partial charge in [0.25, 0.3) is 0 Å². The van der Waals surface area contributed by atoms with Crippen LogP contribution in [0.5, 0.6) is 0 Å². The molecule has 2 heterocycles. The molecule has 0 N–H and O–H groups in total. The van der Waals surface area contributed by atoms with Gasteiger partial charge in [0.1, 0.15) is 11.0 Å². The summed E-state index contributed by atoms with van der Waals surface area (Å²) in [5.74, 6) is 0. The molecule has 0 aliphatic rings. The lowest BCUT2D eigenvalue weighted by Gasteiger charge is -1.96. The molecule has 0 radical (unpaired) electrons. The molecule has 0 fully saturated rings. The molecule has 0 spiro atoms. The fourth-order valence-corrected chi connectivity index (χ4v) is 1.29. The Morgan fingerprint density at radius 2 is 2.23 bits per heavy atom. The average molecular weight is 177 g/mol. The predicted octanol–water partition coefficient (Wildman–Crippen LogP) is 1.11. The Bertz CT molecular complexity index is 422. The third kappa shape index (κ3) is 1.53. The van der Waals surface area contributed by atoms with Crippen LogP contribution in [0.4, 0.5) is 0 Å². The predicted molar refractivity (Wildman–Crippen MR) is 49.2 cm³/mol. The van der Waals surface area contributed by atoms with Crippen LogP contribution in [0.1, 0.15) is 5.69 Å². The van der Waals surface area contributed by atoms with Crippen LogP contribution in [-0.2, 0) is 18.4 Å². The minimum absolute atomic E-state index is 0.546. The summed E-state index contributed by atoms with van der Waals surface area (Å²) in [7, 11) is 3.55. The fraction of sp³-hybridized carbons (Fsp3) is 0.333. The molecule has 0 amide bonds. The Morgan fingerprint density at radius 1 is 1.38 bits per heavy atom. The molecule has 2 aromatic rings. The second kappa shape index (κ2) is 3.14. The van der Waals surface area contributed by atoms with E-state index in [9.17, 15) is 0 Å². The lowest BCUT2D eigenvalue weighted by atomic mass is 10.3. The number of hydrogen-bond acceptors (Lipinski definition) is 3. The number of methoxy groups -OCH3 is 1. The van der Waals surface area contributed by atoms with Gasteiger partial charge in [0.2, 0.25) is 0 Å². The highest BCUT2D eigenvalue weighted by Crippen LogP contribution is 2.09. The molecular formula is C9H11N3O. The van der Waals surface area contributed by atoms with E-state index in [1.165, 1.54) is 0 Å². The van der Waals surface area contributed by atoms with Crippen LogP contribution in [0.3, 0.4) is 0 Å². The molecule has 2 aromatic heterocycles. The van der Waals surface area contributed by atoms with Crippen molar-refractivity contribution in [2.75, 3.05) is 7.11 Å². The third-order valence-corrected chi connectivity index (χ3v) is 1.83. The van der Waals surface area contributed by atoms with Crippen molar-refractivity contribution in [1.29, 1.82) is 0 Å². The quantitative estimate of drug-likeness (QED) is 0.690. The van der Waals surface area contributed by atoms with Crippen LogP contribution in [0.2, 0.25) is 0 Å². The van der Waals surface area contributed by atoms with Gasteiger partial charge in [-0.25, -0.2) is 4.98 Å². The van der Waals surface area contributed by atoms with Gasteiger partial charge in [-0.1, -0.05) is 0 Å². The van der Waals surface area contributed by atoms with Gasteiger partial charge in [-0.2, -0.15) is 5.10 Å². The van der Waals surface area contributed by atoms with Crippen LogP contribution in [0.25, 0.3) is 11.0 Å². The number of nitrogens with zero attached hydrogens (tertiary/aromatic N) is 3. The van der Waals surface area contributed by atoms with E-state index >= 15 is 0 Å². The van der Waals surface area contributed by atoms with Crippen molar-refractivity contribution < 1.29 is 4.74 Å². The minimum Gasteiger partial charge on any atom is -0.378 e. The first kappa shape index (κ1) is 8.19. The summed E-state index contributed by atoms with van der Waals surface area (Å²) in [5.41, 5.74) is 2.77. The largest absolute Gasteiger partial charge is 0.378 e. The van der Waals surface area contributed by atoms with E-state index in [4.69, 9.17) is 4.74 Å². The minimum atomic E-state index is 0.546. The van der Waals surface area contributed by atoms with E-state index in [0.717, 1.165) is 16.7 Å². The maximum absolute atomic E-state index is 4.99.